The maximum Gasteiger partial charge on any atom is 0.193 e. The fourth-order valence-corrected chi connectivity index (χ4v) is 3.25. The standard InChI is InChI=1S/C21H22N2O2/c1-3-7-16(8-4-1)11-18-14-24-20(22-18)13-21-23-19(15-25-21)12-17-9-5-2-6-10-17/h1-10,18-19H,11-15H2/t18-,19-/m1/s1. The minimum absolute atomic E-state index is 0.194. The van der Waals surface area contributed by atoms with Gasteiger partial charge in [-0.25, -0.2) is 9.98 Å². The van der Waals surface area contributed by atoms with E-state index in [2.05, 4.69) is 58.5 Å². The van der Waals surface area contributed by atoms with E-state index in [0.29, 0.717) is 19.6 Å². The molecule has 25 heavy (non-hydrogen) atoms. The van der Waals surface area contributed by atoms with Gasteiger partial charge in [0.15, 0.2) is 11.8 Å². The highest BCUT2D eigenvalue weighted by Gasteiger charge is 2.25. The molecule has 0 fully saturated rings. The number of hydrogen-bond acceptors (Lipinski definition) is 4. The zero-order valence-electron chi connectivity index (χ0n) is 14.2. The Hall–Kier alpha value is -2.62. The summed E-state index contributed by atoms with van der Waals surface area (Å²) in [4.78, 5) is 9.38. The summed E-state index contributed by atoms with van der Waals surface area (Å²) in [6, 6.07) is 21.2. The van der Waals surface area contributed by atoms with E-state index < -0.39 is 0 Å². The van der Waals surface area contributed by atoms with Gasteiger partial charge in [-0.1, -0.05) is 60.7 Å². The summed E-state index contributed by atoms with van der Waals surface area (Å²) in [6.45, 7) is 1.29. The van der Waals surface area contributed by atoms with Gasteiger partial charge in [-0.15, -0.1) is 0 Å². The van der Waals surface area contributed by atoms with E-state index in [4.69, 9.17) is 9.47 Å². The number of benzene rings is 2. The van der Waals surface area contributed by atoms with Crippen molar-refractivity contribution >= 4 is 11.8 Å². The van der Waals surface area contributed by atoms with Crippen LogP contribution in [0.15, 0.2) is 70.6 Å². The first-order valence-electron chi connectivity index (χ1n) is 8.82. The Labute approximate surface area is 148 Å². The molecule has 2 heterocycles. The maximum atomic E-state index is 5.74. The fraction of sp³-hybridized carbons (Fsp3) is 0.333. The second kappa shape index (κ2) is 7.51. The van der Waals surface area contributed by atoms with E-state index in [-0.39, 0.29) is 12.1 Å². The maximum absolute atomic E-state index is 5.74. The SMILES string of the molecule is c1ccc(C[C@@H]2COC(CC3=N[C@H](Cc4ccccc4)CO3)=N2)cc1. The van der Waals surface area contributed by atoms with E-state index in [0.717, 1.165) is 24.6 Å². The van der Waals surface area contributed by atoms with Crippen LogP contribution in [0.4, 0.5) is 0 Å². The molecule has 4 rings (SSSR count). The smallest absolute Gasteiger partial charge is 0.193 e. The van der Waals surface area contributed by atoms with Gasteiger partial charge in [0.1, 0.15) is 13.2 Å². The minimum Gasteiger partial charge on any atom is -0.478 e. The molecule has 2 aromatic rings. The molecule has 2 aliphatic rings. The second-order valence-electron chi connectivity index (χ2n) is 6.53. The highest BCUT2D eigenvalue weighted by atomic mass is 16.5. The number of ether oxygens (including phenoxy) is 2. The number of nitrogens with zero attached hydrogens (tertiary/aromatic N) is 2. The third-order valence-corrected chi connectivity index (χ3v) is 4.47. The Morgan fingerprint density at radius 2 is 1.12 bits per heavy atom. The van der Waals surface area contributed by atoms with Crippen molar-refractivity contribution in [3.05, 3.63) is 71.8 Å². The molecule has 4 heteroatoms. The van der Waals surface area contributed by atoms with Crippen LogP contribution in [0.3, 0.4) is 0 Å². The molecule has 0 saturated heterocycles. The quantitative estimate of drug-likeness (QED) is 0.812. The van der Waals surface area contributed by atoms with E-state index >= 15 is 0 Å². The average Bonchev–Trinajstić information content (AvgIpc) is 3.27. The summed E-state index contributed by atoms with van der Waals surface area (Å²) in [5.41, 5.74) is 2.58. The zero-order chi connectivity index (χ0) is 16.9. The van der Waals surface area contributed by atoms with E-state index in [1.165, 1.54) is 11.1 Å². The highest BCUT2D eigenvalue weighted by molar-refractivity contribution is 5.98. The molecule has 0 radical (unpaired) electrons. The van der Waals surface area contributed by atoms with Crippen LogP contribution in [0, 0.1) is 0 Å². The molecule has 0 spiro atoms. The molecule has 4 nitrogen and oxygen atoms in total. The Bertz CT molecular complexity index is 690. The lowest BCUT2D eigenvalue weighted by Gasteiger charge is -2.04. The molecular formula is C21H22N2O2. The molecule has 0 unspecified atom stereocenters. The van der Waals surface area contributed by atoms with Crippen LogP contribution in [0.5, 0.6) is 0 Å². The normalized spacial score (nSPS) is 22.1. The molecule has 2 atom stereocenters. The van der Waals surface area contributed by atoms with E-state index in [1.54, 1.807) is 0 Å². The van der Waals surface area contributed by atoms with Crippen molar-refractivity contribution in [3.63, 3.8) is 0 Å². The molecule has 2 aromatic carbocycles. The topological polar surface area (TPSA) is 43.2 Å². The lowest BCUT2D eigenvalue weighted by Crippen LogP contribution is -2.10. The average molecular weight is 334 g/mol. The Kier molecular flexibility index (Phi) is 4.77. The lowest BCUT2D eigenvalue weighted by atomic mass is 10.1. The molecule has 128 valence electrons. The van der Waals surface area contributed by atoms with Crippen LogP contribution >= 0.6 is 0 Å². The molecule has 0 saturated carbocycles. The van der Waals surface area contributed by atoms with Crippen molar-refractivity contribution in [2.45, 2.75) is 31.3 Å². The second-order valence-corrected chi connectivity index (χ2v) is 6.53. The highest BCUT2D eigenvalue weighted by Crippen LogP contribution is 2.17. The largest absolute Gasteiger partial charge is 0.478 e. The van der Waals surface area contributed by atoms with Gasteiger partial charge in [0.25, 0.3) is 0 Å². The monoisotopic (exact) mass is 334 g/mol. The molecule has 0 amide bonds. The summed E-state index contributed by atoms with van der Waals surface area (Å²) in [6.07, 6.45) is 2.39. The van der Waals surface area contributed by atoms with E-state index in [9.17, 15) is 0 Å². The van der Waals surface area contributed by atoms with Crippen LogP contribution in [0.25, 0.3) is 0 Å². The predicted octanol–water partition coefficient (Wildman–Crippen LogP) is 3.46. The molecule has 0 bridgehead atoms. The number of rotatable bonds is 6. The van der Waals surface area contributed by atoms with Crippen molar-refractivity contribution < 1.29 is 9.47 Å². The minimum atomic E-state index is 0.194. The summed E-state index contributed by atoms with van der Waals surface area (Å²) >= 11 is 0. The molecule has 0 N–H and O–H groups in total. The molecule has 2 aliphatic heterocycles. The first-order valence-corrected chi connectivity index (χ1v) is 8.82. The van der Waals surface area contributed by atoms with Crippen molar-refractivity contribution in [2.75, 3.05) is 13.2 Å². The van der Waals surface area contributed by atoms with Crippen molar-refractivity contribution in [2.24, 2.45) is 9.98 Å². The van der Waals surface area contributed by atoms with E-state index in [1.807, 2.05) is 12.1 Å². The summed E-state index contributed by atoms with van der Waals surface area (Å²) in [5, 5.41) is 0. The first-order chi connectivity index (χ1) is 12.3. The number of aliphatic imine (C=N–C) groups is 2. The third kappa shape index (κ3) is 4.27. The summed E-state index contributed by atoms with van der Waals surface area (Å²) < 4.78 is 11.5. The Balaban J connectivity index is 1.32. The van der Waals surface area contributed by atoms with Crippen LogP contribution < -0.4 is 0 Å². The molecule has 0 aliphatic carbocycles. The summed E-state index contributed by atoms with van der Waals surface area (Å²) in [7, 11) is 0. The van der Waals surface area contributed by atoms with Crippen molar-refractivity contribution in [3.8, 4) is 0 Å². The Morgan fingerprint density at radius 1 is 0.680 bits per heavy atom. The Morgan fingerprint density at radius 3 is 1.56 bits per heavy atom. The van der Waals surface area contributed by atoms with Crippen molar-refractivity contribution in [1.82, 2.24) is 0 Å². The first kappa shape index (κ1) is 15.9. The van der Waals surface area contributed by atoms with Crippen LogP contribution in [0.1, 0.15) is 17.5 Å². The van der Waals surface area contributed by atoms with Gasteiger partial charge in [0.2, 0.25) is 0 Å². The van der Waals surface area contributed by atoms with Gasteiger partial charge in [0.05, 0.1) is 18.5 Å². The van der Waals surface area contributed by atoms with Crippen LogP contribution in [0.2, 0.25) is 0 Å². The van der Waals surface area contributed by atoms with Gasteiger partial charge in [0, 0.05) is 0 Å². The van der Waals surface area contributed by atoms with Gasteiger partial charge in [-0.2, -0.15) is 0 Å². The van der Waals surface area contributed by atoms with Gasteiger partial charge in [-0.05, 0) is 24.0 Å². The molecule has 0 aromatic heterocycles. The lowest BCUT2D eigenvalue weighted by molar-refractivity contribution is 0.298. The van der Waals surface area contributed by atoms with Gasteiger partial charge >= 0.3 is 0 Å². The van der Waals surface area contributed by atoms with Crippen LogP contribution in [-0.4, -0.2) is 37.1 Å². The zero-order valence-corrected chi connectivity index (χ0v) is 14.2. The van der Waals surface area contributed by atoms with Crippen molar-refractivity contribution in [1.29, 1.82) is 0 Å². The third-order valence-electron chi connectivity index (χ3n) is 4.47. The van der Waals surface area contributed by atoms with Gasteiger partial charge in [-0.3, -0.25) is 0 Å². The predicted molar refractivity (Wildman–Crippen MR) is 99.3 cm³/mol. The molecular weight excluding hydrogens is 312 g/mol. The fourth-order valence-electron chi connectivity index (χ4n) is 3.25. The van der Waals surface area contributed by atoms with Gasteiger partial charge < -0.3 is 9.47 Å². The summed E-state index contributed by atoms with van der Waals surface area (Å²) in [5.74, 6) is 1.50. The number of hydrogen-bond donors (Lipinski definition) is 0. The van der Waals surface area contributed by atoms with Crippen LogP contribution in [-0.2, 0) is 22.3 Å².